The molecule has 0 radical (unpaired) electrons. The Morgan fingerprint density at radius 1 is 0.490 bits per heavy atom. The SMILES string of the molecule is c1ccc(-c2ccc(N(c3ccc4c(c3)c3ccccc3n4-c3ccccc3)c3cccc4c3sc3cc5ccncc5cc34)cc2)cc1. The first-order chi connectivity index (χ1) is 24.3. The van der Waals surface area contributed by atoms with Gasteiger partial charge >= 0.3 is 0 Å². The first kappa shape index (κ1) is 27.8. The van der Waals surface area contributed by atoms with Gasteiger partial charge in [-0.3, -0.25) is 4.98 Å². The maximum Gasteiger partial charge on any atom is 0.0640 e. The molecular weight excluding hydrogens is 615 g/mol. The minimum absolute atomic E-state index is 1.12. The lowest BCUT2D eigenvalue weighted by Crippen LogP contribution is -2.10. The minimum Gasteiger partial charge on any atom is -0.309 e. The van der Waals surface area contributed by atoms with Gasteiger partial charge in [-0.2, -0.15) is 0 Å². The molecule has 0 saturated carbocycles. The molecule has 10 rings (SSSR count). The summed E-state index contributed by atoms with van der Waals surface area (Å²) in [5.41, 5.74) is 9.37. The Kier molecular flexibility index (Phi) is 6.36. The second kappa shape index (κ2) is 11.2. The summed E-state index contributed by atoms with van der Waals surface area (Å²) in [5, 5.41) is 7.37. The highest BCUT2D eigenvalue weighted by Gasteiger charge is 2.21. The smallest absolute Gasteiger partial charge is 0.0640 e. The average molecular weight is 644 g/mol. The minimum atomic E-state index is 1.12. The average Bonchev–Trinajstić information content (AvgIpc) is 3.70. The number of pyridine rings is 1. The zero-order valence-electron chi connectivity index (χ0n) is 26.5. The van der Waals surface area contributed by atoms with Crippen LogP contribution in [0, 0.1) is 0 Å². The second-order valence-corrected chi connectivity index (χ2v) is 13.5. The predicted octanol–water partition coefficient (Wildman–Crippen LogP) is 12.8. The first-order valence-electron chi connectivity index (χ1n) is 16.5. The highest BCUT2D eigenvalue weighted by molar-refractivity contribution is 7.26. The molecule has 3 aromatic heterocycles. The van der Waals surface area contributed by atoms with Crippen molar-refractivity contribution in [3.05, 3.63) is 176 Å². The molecule has 0 fully saturated rings. The topological polar surface area (TPSA) is 21.1 Å². The van der Waals surface area contributed by atoms with Crippen LogP contribution in [0.4, 0.5) is 17.1 Å². The van der Waals surface area contributed by atoms with E-state index in [0.29, 0.717) is 0 Å². The van der Waals surface area contributed by atoms with Crippen LogP contribution in [0.1, 0.15) is 0 Å². The molecule has 49 heavy (non-hydrogen) atoms. The Morgan fingerprint density at radius 2 is 1.20 bits per heavy atom. The summed E-state index contributed by atoms with van der Waals surface area (Å²) in [6, 6.07) is 59.3. The lowest BCUT2D eigenvalue weighted by molar-refractivity contribution is 1.18. The molecule has 0 saturated heterocycles. The summed E-state index contributed by atoms with van der Waals surface area (Å²) < 4.78 is 4.92. The number of aromatic nitrogens is 2. The van der Waals surface area contributed by atoms with E-state index in [-0.39, 0.29) is 0 Å². The molecule has 4 heteroatoms. The van der Waals surface area contributed by atoms with E-state index in [0.717, 1.165) is 22.4 Å². The molecule has 0 aliphatic carbocycles. The van der Waals surface area contributed by atoms with E-state index in [1.807, 2.05) is 23.7 Å². The monoisotopic (exact) mass is 643 g/mol. The largest absolute Gasteiger partial charge is 0.309 e. The van der Waals surface area contributed by atoms with Gasteiger partial charge in [-0.1, -0.05) is 91.0 Å². The molecule has 0 spiro atoms. The van der Waals surface area contributed by atoms with Crippen LogP contribution in [0.3, 0.4) is 0 Å². The third-order valence-electron chi connectivity index (χ3n) is 9.64. The normalized spacial score (nSPS) is 11.7. The summed E-state index contributed by atoms with van der Waals surface area (Å²) in [6.07, 6.45) is 3.84. The van der Waals surface area contributed by atoms with Crippen LogP contribution in [0.15, 0.2) is 176 Å². The molecule has 3 heterocycles. The van der Waals surface area contributed by atoms with E-state index in [1.165, 1.54) is 64.2 Å². The van der Waals surface area contributed by atoms with Gasteiger partial charge in [0, 0.05) is 61.1 Å². The van der Waals surface area contributed by atoms with E-state index in [9.17, 15) is 0 Å². The van der Waals surface area contributed by atoms with Crippen molar-refractivity contribution < 1.29 is 0 Å². The number of hydrogen-bond acceptors (Lipinski definition) is 3. The van der Waals surface area contributed by atoms with Gasteiger partial charge in [0.05, 0.1) is 21.4 Å². The van der Waals surface area contributed by atoms with Crippen LogP contribution in [0.5, 0.6) is 0 Å². The molecule has 0 aliphatic rings. The molecule has 0 N–H and O–H groups in total. The van der Waals surface area contributed by atoms with Crippen molar-refractivity contribution in [1.82, 2.24) is 9.55 Å². The highest BCUT2D eigenvalue weighted by atomic mass is 32.1. The number of para-hydroxylation sites is 2. The van der Waals surface area contributed by atoms with E-state index in [2.05, 4.69) is 178 Å². The fourth-order valence-corrected chi connectivity index (χ4v) is 8.59. The van der Waals surface area contributed by atoms with Gasteiger partial charge in [0.15, 0.2) is 0 Å². The summed E-state index contributed by atoms with van der Waals surface area (Å²) in [4.78, 5) is 6.83. The molecule has 0 aliphatic heterocycles. The Morgan fingerprint density at radius 3 is 2.06 bits per heavy atom. The van der Waals surface area contributed by atoms with E-state index >= 15 is 0 Å². The molecule has 3 nitrogen and oxygen atoms in total. The van der Waals surface area contributed by atoms with Crippen molar-refractivity contribution in [1.29, 1.82) is 0 Å². The predicted molar refractivity (Wildman–Crippen MR) is 209 cm³/mol. The summed E-state index contributed by atoms with van der Waals surface area (Å²) in [5.74, 6) is 0. The zero-order valence-corrected chi connectivity index (χ0v) is 27.3. The van der Waals surface area contributed by atoms with Crippen LogP contribution in [-0.4, -0.2) is 9.55 Å². The van der Waals surface area contributed by atoms with Gasteiger partial charge in [-0.25, -0.2) is 0 Å². The third-order valence-corrected chi connectivity index (χ3v) is 10.8. The van der Waals surface area contributed by atoms with Crippen LogP contribution in [0.25, 0.3) is 69.6 Å². The molecule has 10 aromatic rings. The van der Waals surface area contributed by atoms with Gasteiger partial charge in [0.1, 0.15) is 0 Å². The van der Waals surface area contributed by atoms with Gasteiger partial charge in [-0.15, -0.1) is 11.3 Å². The van der Waals surface area contributed by atoms with Gasteiger partial charge < -0.3 is 9.47 Å². The Labute approximate surface area is 287 Å². The fourth-order valence-electron chi connectivity index (χ4n) is 7.36. The quantitative estimate of drug-likeness (QED) is 0.186. The van der Waals surface area contributed by atoms with Crippen molar-refractivity contribution in [2.45, 2.75) is 0 Å². The summed E-state index contributed by atoms with van der Waals surface area (Å²) in [7, 11) is 0. The van der Waals surface area contributed by atoms with Gasteiger partial charge in [0.2, 0.25) is 0 Å². The zero-order chi connectivity index (χ0) is 32.3. The number of benzene rings is 7. The van der Waals surface area contributed by atoms with Crippen molar-refractivity contribution in [2.75, 3.05) is 4.90 Å². The van der Waals surface area contributed by atoms with Crippen LogP contribution in [0.2, 0.25) is 0 Å². The van der Waals surface area contributed by atoms with Crippen molar-refractivity contribution in [3.8, 4) is 16.8 Å². The first-order valence-corrected chi connectivity index (χ1v) is 17.4. The Balaban J connectivity index is 1.22. The number of thiophene rings is 1. The molecule has 0 unspecified atom stereocenters. The second-order valence-electron chi connectivity index (χ2n) is 12.5. The van der Waals surface area contributed by atoms with Crippen molar-refractivity contribution in [2.24, 2.45) is 0 Å². The van der Waals surface area contributed by atoms with Gasteiger partial charge in [0.25, 0.3) is 0 Å². The van der Waals surface area contributed by atoms with Crippen LogP contribution >= 0.6 is 11.3 Å². The molecule has 0 amide bonds. The van der Waals surface area contributed by atoms with Gasteiger partial charge in [-0.05, 0) is 89.3 Å². The summed E-state index contributed by atoms with van der Waals surface area (Å²) >= 11 is 1.86. The lowest BCUT2D eigenvalue weighted by Gasteiger charge is -2.26. The highest BCUT2D eigenvalue weighted by Crippen LogP contribution is 2.47. The van der Waals surface area contributed by atoms with Crippen LogP contribution < -0.4 is 4.90 Å². The van der Waals surface area contributed by atoms with Crippen molar-refractivity contribution >= 4 is 81.1 Å². The van der Waals surface area contributed by atoms with E-state index in [4.69, 9.17) is 0 Å². The number of anilines is 3. The maximum absolute atomic E-state index is 4.40. The third kappa shape index (κ3) is 4.53. The van der Waals surface area contributed by atoms with Crippen LogP contribution in [-0.2, 0) is 0 Å². The van der Waals surface area contributed by atoms with Crippen molar-refractivity contribution in [3.63, 3.8) is 0 Å². The molecule has 7 aromatic carbocycles. The van der Waals surface area contributed by atoms with E-state index in [1.54, 1.807) is 0 Å². The number of rotatable bonds is 5. The lowest BCUT2D eigenvalue weighted by atomic mass is 10.0. The fraction of sp³-hybridized carbons (Fsp3) is 0. The number of hydrogen-bond donors (Lipinski definition) is 0. The molecule has 0 bridgehead atoms. The van der Waals surface area contributed by atoms with E-state index < -0.39 is 0 Å². The standard InChI is InChI=1S/C45H29N3S/c1-3-10-30(11-4-1)31-18-20-35(21-19-31)47(43-17-9-15-38-40-26-33-29-46-25-24-32(33)27-44(40)49-45(38)43)36-22-23-42-39(28-36)37-14-7-8-16-41(37)48(42)34-12-5-2-6-13-34/h1-29H. The molecule has 0 atom stereocenters. The Hall–Kier alpha value is -6.23. The Bertz CT molecular complexity index is 2820. The molecular formula is C45H29N3S. The molecule has 230 valence electrons. The summed E-state index contributed by atoms with van der Waals surface area (Å²) in [6.45, 7) is 0. The number of fused-ring (bicyclic) bond motifs is 7. The maximum atomic E-state index is 4.40. The number of nitrogens with zero attached hydrogens (tertiary/aromatic N) is 3.